The molecule has 0 bridgehead atoms. The number of fused-ring (bicyclic) bond motifs is 2. The van der Waals surface area contributed by atoms with E-state index in [0.717, 1.165) is 44.1 Å². The Hall–Kier alpha value is -2.19. The number of rotatable bonds is 6. The highest BCUT2D eigenvalue weighted by molar-refractivity contribution is 8.76. The lowest BCUT2D eigenvalue weighted by atomic mass is 9.80. The van der Waals surface area contributed by atoms with Gasteiger partial charge in [0.2, 0.25) is 0 Å². The molecule has 0 aliphatic heterocycles. The summed E-state index contributed by atoms with van der Waals surface area (Å²) in [6, 6.07) is 11.8. The Morgan fingerprint density at radius 1 is 1.08 bits per heavy atom. The molecule has 0 saturated heterocycles. The van der Waals surface area contributed by atoms with Crippen LogP contribution in [0.4, 0.5) is 0 Å². The molecule has 37 heavy (non-hydrogen) atoms. The summed E-state index contributed by atoms with van der Waals surface area (Å²) in [5, 5.41) is 1.11. The van der Waals surface area contributed by atoms with Gasteiger partial charge in [-0.05, 0) is 70.0 Å². The number of pyridine rings is 1. The second-order valence-electron chi connectivity index (χ2n) is 10.3. The fourth-order valence-electron chi connectivity index (χ4n) is 5.19. The normalized spacial score (nSPS) is 15.8. The van der Waals surface area contributed by atoms with E-state index in [0.29, 0.717) is 21.7 Å². The first-order valence-corrected chi connectivity index (χ1v) is 15.0. The fourth-order valence-corrected chi connectivity index (χ4v) is 8.08. The summed E-state index contributed by atoms with van der Waals surface area (Å²) in [6.45, 7) is 10.1. The first-order valence-electron chi connectivity index (χ1n) is 11.9. The van der Waals surface area contributed by atoms with Crippen LogP contribution < -0.4 is 9.30 Å². The van der Waals surface area contributed by atoms with Gasteiger partial charge in [0.25, 0.3) is 0 Å². The van der Waals surface area contributed by atoms with E-state index in [9.17, 15) is 4.79 Å². The fraction of sp³-hybridized carbons (Fsp3) is 0.321. The Labute approximate surface area is 234 Å². The molecule has 0 unspecified atom stereocenters. The molecule has 2 heterocycles. The predicted molar refractivity (Wildman–Crippen MR) is 154 cm³/mol. The topological polar surface area (TPSA) is 58.9 Å². The number of carbonyl (C=O) groups is 1. The van der Waals surface area contributed by atoms with E-state index in [-0.39, 0.29) is 5.78 Å². The summed E-state index contributed by atoms with van der Waals surface area (Å²) in [6.07, 6.45) is 1.97. The maximum absolute atomic E-state index is 13.1. The predicted octanol–water partition coefficient (Wildman–Crippen LogP) is 7.54. The van der Waals surface area contributed by atoms with Crippen LogP contribution in [0.25, 0.3) is 17.0 Å². The number of H-pyrrole nitrogens is 1. The minimum Gasteiger partial charge on any atom is -0.496 e. The van der Waals surface area contributed by atoms with Crippen LogP contribution in [0.2, 0.25) is 10.0 Å². The number of nitrogens with one attached hydrogen (secondary N) is 1. The van der Waals surface area contributed by atoms with Crippen molar-refractivity contribution in [3.8, 4) is 11.7 Å². The summed E-state index contributed by atoms with van der Waals surface area (Å²) in [5.41, 5.74) is 4.86. The molecule has 0 amide bonds. The number of imidazole rings is 1. The molecule has 2 aromatic heterocycles. The summed E-state index contributed by atoms with van der Waals surface area (Å²) >= 11 is 12.6. The van der Waals surface area contributed by atoms with Gasteiger partial charge in [-0.2, -0.15) is 0 Å². The van der Waals surface area contributed by atoms with Gasteiger partial charge in [0, 0.05) is 27.4 Å². The van der Waals surface area contributed by atoms with Gasteiger partial charge in [-0.3, -0.25) is 4.79 Å². The molecule has 0 radical (unpaired) electrons. The quantitative estimate of drug-likeness (QED) is 0.191. The molecule has 1 N–H and O–H groups in total. The van der Waals surface area contributed by atoms with E-state index in [4.69, 9.17) is 32.9 Å². The maximum atomic E-state index is 13.1. The molecule has 1 aliphatic carbocycles. The number of halogens is 2. The van der Waals surface area contributed by atoms with Gasteiger partial charge in [0.1, 0.15) is 17.0 Å². The van der Waals surface area contributed by atoms with E-state index in [1.807, 2.05) is 52.1 Å². The molecule has 0 atom stereocenters. The van der Waals surface area contributed by atoms with Crippen LogP contribution in [0.3, 0.4) is 0 Å². The van der Waals surface area contributed by atoms with E-state index < -0.39 is 10.8 Å². The molecule has 0 saturated carbocycles. The van der Waals surface area contributed by atoms with Gasteiger partial charge in [-0.25, -0.2) is 9.55 Å². The number of Topliss-reactive ketones (excluding diaryl/α,β-unsaturated/α-hetero) is 1. The van der Waals surface area contributed by atoms with Crippen molar-refractivity contribution >= 4 is 61.6 Å². The van der Waals surface area contributed by atoms with Crippen LogP contribution >= 0.6 is 44.8 Å². The largest absolute Gasteiger partial charge is 0.496 e. The van der Waals surface area contributed by atoms with Gasteiger partial charge in [-0.15, -0.1) is 0 Å². The number of methoxy groups -OCH3 is 1. The standard InChI is InChI=1S/C28H28Cl2N3O2S2/c1-15-21(14-36-37-23-9-7-8-18(29)24(23)30)33(11-10-22(15)35-6)26-31-19-12-16-17(13-20(19)32-26)28(4,5)25(34)27(16,2)3/h7-13H,14H2,1-6H3,(H,31,32)/q+1. The van der Waals surface area contributed by atoms with Crippen LogP contribution in [-0.4, -0.2) is 22.9 Å². The number of nitrogens with zero attached hydrogens (tertiary/aromatic N) is 2. The number of aromatic amines is 1. The van der Waals surface area contributed by atoms with Crippen molar-refractivity contribution in [1.29, 1.82) is 0 Å². The van der Waals surface area contributed by atoms with Gasteiger partial charge in [0.05, 0.1) is 29.1 Å². The third kappa shape index (κ3) is 4.34. The second-order valence-corrected chi connectivity index (χ2v) is 13.4. The average Bonchev–Trinajstić information content (AvgIpc) is 3.33. The number of hydrogen-bond donors (Lipinski definition) is 1. The molecule has 0 fully saturated rings. The van der Waals surface area contributed by atoms with Crippen molar-refractivity contribution in [2.24, 2.45) is 0 Å². The minimum atomic E-state index is -0.545. The lowest BCUT2D eigenvalue weighted by molar-refractivity contribution is -0.610. The molecule has 9 heteroatoms. The molecule has 4 aromatic rings. The Bertz CT molecular complexity index is 1510. The number of aromatic nitrogens is 3. The summed E-state index contributed by atoms with van der Waals surface area (Å²) in [4.78, 5) is 22.5. The number of hydrogen-bond acceptors (Lipinski definition) is 5. The van der Waals surface area contributed by atoms with Crippen molar-refractivity contribution in [1.82, 2.24) is 9.97 Å². The van der Waals surface area contributed by atoms with Gasteiger partial charge in [0.15, 0.2) is 11.3 Å². The molecule has 1 aliphatic rings. The Balaban J connectivity index is 1.54. The Morgan fingerprint density at radius 2 is 1.78 bits per heavy atom. The highest BCUT2D eigenvalue weighted by atomic mass is 35.5. The van der Waals surface area contributed by atoms with E-state index in [2.05, 4.69) is 28.6 Å². The SMILES string of the molecule is COc1cc[n+](-c2nc3cc4c(cc3[nH]2)C(C)(C)C(=O)C4(C)C)c(CSSc2cccc(Cl)c2Cl)c1C. The van der Waals surface area contributed by atoms with Crippen molar-refractivity contribution in [2.45, 2.75) is 56.1 Å². The number of ether oxygens (including phenoxy) is 1. The zero-order chi connectivity index (χ0) is 26.7. The Morgan fingerprint density at radius 3 is 2.49 bits per heavy atom. The zero-order valence-corrected chi connectivity index (χ0v) is 24.7. The van der Waals surface area contributed by atoms with Crippen LogP contribution in [-0.2, 0) is 21.4 Å². The first-order chi connectivity index (χ1) is 17.5. The van der Waals surface area contributed by atoms with Crippen molar-refractivity contribution in [3.05, 3.63) is 75.0 Å². The lowest BCUT2D eigenvalue weighted by Crippen LogP contribution is -2.37. The van der Waals surface area contributed by atoms with Crippen LogP contribution in [0.5, 0.6) is 5.75 Å². The van der Waals surface area contributed by atoms with Gasteiger partial charge in [-0.1, -0.05) is 55.8 Å². The van der Waals surface area contributed by atoms with Crippen molar-refractivity contribution in [2.75, 3.05) is 7.11 Å². The minimum absolute atomic E-state index is 0.236. The van der Waals surface area contributed by atoms with Crippen LogP contribution in [0, 0.1) is 6.92 Å². The van der Waals surface area contributed by atoms with E-state index >= 15 is 0 Å². The third-order valence-corrected chi connectivity index (χ3v) is 10.5. The molecule has 192 valence electrons. The number of benzene rings is 2. The van der Waals surface area contributed by atoms with E-state index in [1.165, 1.54) is 0 Å². The molecule has 2 aromatic carbocycles. The maximum Gasteiger partial charge on any atom is 0.402 e. The first kappa shape index (κ1) is 26.4. The third-order valence-electron chi connectivity index (χ3n) is 7.27. The summed E-state index contributed by atoms with van der Waals surface area (Å²) in [5.74, 6) is 2.45. The van der Waals surface area contributed by atoms with Gasteiger partial charge >= 0.3 is 5.95 Å². The average molecular weight is 574 g/mol. The Kier molecular flexibility index (Phi) is 6.80. The molecular weight excluding hydrogens is 545 g/mol. The number of ketones is 1. The van der Waals surface area contributed by atoms with Crippen LogP contribution in [0.15, 0.2) is 47.5 Å². The summed E-state index contributed by atoms with van der Waals surface area (Å²) in [7, 11) is 4.93. The van der Waals surface area contributed by atoms with Crippen molar-refractivity contribution in [3.63, 3.8) is 0 Å². The second kappa shape index (κ2) is 9.53. The lowest BCUT2D eigenvalue weighted by Gasteiger charge is -2.21. The monoisotopic (exact) mass is 572 g/mol. The molecule has 0 spiro atoms. The van der Waals surface area contributed by atoms with E-state index in [1.54, 1.807) is 34.8 Å². The number of carbonyl (C=O) groups excluding carboxylic acids is 1. The highest BCUT2D eigenvalue weighted by Crippen LogP contribution is 2.47. The molecular formula is C28H28Cl2N3O2S2+. The smallest absolute Gasteiger partial charge is 0.402 e. The van der Waals surface area contributed by atoms with Gasteiger partial charge < -0.3 is 4.74 Å². The zero-order valence-electron chi connectivity index (χ0n) is 21.5. The molecule has 5 nitrogen and oxygen atoms in total. The summed E-state index contributed by atoms with van der Waals surface area (Å²) < 4.78 is 7.68. The highest BCUT2D eigenvalue weighted by Gasteiger charge is 2.50. The van der Waals surface area contributed by atoms with Crippen molar-refractivity contribution < 1.29 is 14.1 Å². The molecule has 5 rings (SSSR count). The van der Waals surface area contributed by atoms with Crippen LogP contribution in [0.1, 0.15) is 50.1 Å².